The maximum absolute atomic E-state index is 12.7. The summed E-state index contributed by atoms with van der Waals surface area (Å²) in [5, 5.41) is 20.4. The lowest BCUT2D eigenvalue weighted by molar-refractivity contribution is 0.0785. The Bertz CT molecular complexity index is 1110. The Morgan fingerprint density at radius 2 is 1.84 bits per heavy atom. The van der Waals surface area contributed by atoms with Crippen molar-refractivity contribution in [2.45, 2.75) is 12.8 Å². The molecule has 2 aromatic carbocycles. The molecule has 2 aliphatic rings. The van der Waals surface area contributed by atoms with Crippen LogP contribution in [-0.2, 0) is 0 Å². The molecular weight excluding hydrogens is 424 g/mol. The molecule has 1 aromatic heterocycles. The Labute approximate surface area is 191 Å². The molecule has 2 fully saturated rings. The highest BCUT2D eigenvalue weighted by Crippen LogP contribution is 2.30. The Morgan fingerprint density at radius 1 is 1.03 bits per heavy atom. The molecule has 32 heavy (non-hydrogen) atoms. The first-order chi connectivity index (χ1) is 15.6. The molecule has 0 unspecified atom stereocenters. The number of aromatic nitrogens is 1. The molecule has 0 saturated carbocycles. The number of anilines is 1. The highest BCUT2D eigenvalue weighted by molar-refractivity contribution is 7.13. The van der Waals surface area contributed by atoms with Crippen LogP contribution in [0.1, 0.15) is 23.2 Å². The van der Waals surface area contributed by atoms with E-state index in [9.17, 15) is 15.0 Å². The van der Waals surface area contributed by atoms with E-state index in [1.807, 2.05) is 4.90 Å². The largest absolute Gasteiger partial charge is 0.504 e. The minimum Gasteiger partial charge on any atom is -0.504 e. The van der Waals surface area contributed by atoms with Gasteiger partial charge < -0.3 is 20.0 Å². The van der Waals surface area contributed by atoms with Gasteiger partial charge in [0.1, 0.15) is 5.82 Å². The van der Waals surface area contributed by atoms with Crippen molar-refractivity contribution in [1.82, 2.24) is 14.2 Å². The lowest BCUT2D eigenvalue weighted by Crippen LogP contribution is -2.47. The van der Waals surface area contributed by atoms with Gasteiger partial charge in [-0.15, -0.1) is 0 Å². The second-order valence-corrected chi connectivity index (χ2v) is 9.53. The smallest absolute Gasteiger partial charge is 0.254 e. The quantitative estimate of drug-likeness (QED) is 0.578. The summed E-state index contributed by atoms with van der Waals surface area (Å²) in [5.74, 6) is 1.09. The Balaban J connectivity index is 1.09. The number of fused-ring (bicyclic) bond motifs is 1. The lowest BCUT2D eigenvalue weighted by atomic mass is 10.0. The SMILES string of the molecule is O=C(c1ccc(O)c(O)c1)N1CC[C@H](CCN2CCN(c3nsc4ccccc34)CC2)C1. The van der Waals surface area contributed by atoms with Crippen molar-refractivity contribution in [3.8, 4) is 11.5 Å². The number of likely N-dealkylation sites (tertiary alicyclic amines) is 1. The molecule has 2 saturated heterocycles. The van der Waals surface area contributed by atoms with Crippen molar-refractivity contribution >= 4 is 33.3 Å². The number of phenolic OH excluding ortho intramolecular Hbond substituents is 2. The number of rotatable bonds is 5. The molecule has 2 N–H and O–H groups in total. The van der Waals surface area contributed by atoms with Gasteiger partial charge in [-0.2, -0.15) is 4.37 Å². The Kier molecular flexibility index (Phi) is 5.89. The standard InChI is InChI=1S/C24H28N4O3S/c29-20-6-5-18(15-21(20)30)24(31)28-10-8-17(16-28)7-9-26-11-13-27(14-12-26)23-19-3-1-2-4-22(19)32-25-23/h1-6,15,17,29-30H,7-14,16H2/t17-/m0/s1. The monoisotopic (exact) mass is 452 g/mol. The summed E-state index contributed by atoms with van der Waals surface area (Å²) in [4.78, 5) is 19.5. The molecule has 1 atom stereocenters. The number of benzene rings is 2. The van der Waals surface area contributed by atoms with E-state index >= 15 is 0 Å². The summed E-state index contributed by atoms with van der Waals surface area (Å²) in [6.07, 6.45) is 2.10. The van der Waals surface area contributed by atoms with Crippen LogP contribution in [0.4, 0.5) is 5.82 Å². The average Bonchev–Trinajstić information content (AvgIpc) is 3.47. The van der Waals surface area contributed by atoms with E-state index in [-0.39, 0.29) is 17.4 Å². The molecule has 2 aliphatic heterocycles. The molecule has 3 aromatic rings. The van der Waals surface area contributed by atoms with Crippen molar-refractivity contribution < 1.29 is 15.0 Å². The minimum absolute atomic E-state index is 0.0769. The van der Waals surface area contributed by atoms with E-state index in [4.69, 9.17) is 4.37 Å². The topological polar surface area (TPSA) is 80.1 Å². The number of aromatic hydroxyl groups is 2. The first kappa shape index (κ1) is 21.0. The fourth-order valence-corrected chi connectivity index (χ4v) is 5.54. The van der Waals surface area contributed by atoms with Crippen molar-refractivity contribution in [1.29, 1.82) is 0 Å². The van der Waals surface area contributed by atoms with Crippen LogP contribution < -0.4 is 4.90 Å². The van der Waals surface area contributed by atoms with Gasteiger partial charge >= 0.3 is 0 Å². The zero-order valence-electron chi connectivity index (χ0n) is 18.0. The van der Waals surface area contributed by atoms with Crippen molar-refractivity contribution in [2.75, 3.05) is 50.7 Å². The second kappa shape index (κ2) is 8.96. The zero-order valence-corrected chi connectivity index (χ0v) is 18.8. The summed E-state index contributed by atoms with van der Waals surface area (Å²) in [6, 6.07) is 12.7. The predicted octanol–water partition coefficient (Wildman–Crippen LogP) is 3.38. The van der Waals surface area contributed by atoms with Gasteiger partial charge in [0.2, 0.25) is 0 Å². The lowest BCUT2D eigenvalue weighted by Gasteiger charge is -2.35. The van der Waals surface area contributed by atoms with Gasteiger partial charge in [0.25, 0.3) is 5.91 Å². The maximum Gasteiger partial charge on any atom is 0.254 e. The molecule has 0 bridgehead atoms. The molecule has 5 rings (SSSR count). The van der Waals surface area contributed by atoms with E-state index in [1.54, 1.807) is 17.6 Å². The third-order valence-corrected chi connectivity index (χ3v) is 7.50. The summed E-state index contributed by atoms with van der Waals surface area (Å²) in [5.41, 5.74) is 0.423. The summed E-state index contributed by atoms with van der Waals surface area (Å²) < 4.78 is 5.94. The Morgan fingerprint density at radius 3 is 2.66 bits per heavy atom. The van der Waals surface area contributed by atoms with Crippen LogP contribution in [0, 0.1) is 5.92 Å². The number of amides is 1. The maximum atomic E-state index is 12.7. The fraction of sp³-hybridized carbons (Fsp3) is 0.417. The van der Waals surface area contributed by atoms with E-state index in [2.05, 4.69) is 34.1 Å². The van der Waals surface area contributed by atoms with Gasteiger partial charge in [0.15, 0.2) is 11.5 Å². The summed E-state index contributed by atoms with van der Waals surface area (Å²) in [6.45, 7) is 6.61. The number of hydrogen-bond acceptors (Lipinski definition) is 7. The van der Waals surface area contributed by atoms with Crippen molar-refractivity contribution in [3.63, 3.8) is 0 Å². The van der Waals surface area contributed by atoms with Crippen molar-refractivity contribution in [3.05, 3.63) is 48.0 Å². The van der Waals surface area contributed by atoms with Gasteiger partial charge in [0, 0.05) is 50.2 Å². The molecule has 3 heterocycles. The highest BCUT2D eigenvalue weighted by atomic mass is 32.1. The van der Waals surface area contributed by atoms with E-state index in [0.29, 0.717) is 11.5 Å². The number of nitrogens with zero attached hydrogens (tertiary/aromatic N) is 4. The normalized spacial score (nSPS) is 19.7. The van der Waals surface area contributed by atoms with Crippen LogP contribution in [0.2, 0.25) is 0 Å². The van der Waals surface area contributed by atoms with Crippen LogP contribution in [0.25, 0.3) is 10.1 Å². The first-order valence-corrected chi connectivity index (χ1v) is 12.0. The fourth-order valence-electron chi connectivity index (χ4n) is 4.74. The number of carbonyl (C=O) groups excluding carboxylic acids is 1. The van der Waals surface area contributed by atoms with Gasteiger partial charge in [-0.05, 0) is 67.2 Å². The molecule has 8 heteroatoms. The van der Waals surface area contributed by atoms with E-state index in [1.165, 1.54) is 22.2 Å². The van der Waals surface area contributed by atoms with E-state index in [0.717, 1.165) is 64.5 Å². The average molecular weight is 453 g/mol. The molecule has 168 valence electrons. The van der Waals surface area contributed by atoms with Crippen LogP contribution in [0.3, 0.4) is 0 Å². The number of piperazine rings is 1. The van der Waals surface area contributed by atoms with E-state index < -0.39 is 0 Å². The van der Waals surface area contributed by atoms with Crippen LogP contribution >= 0.6 is 11.5 Å². The van der Waals surface area contributed by atoms with Crippen LogP contribution in [-0.4, -0.2) is 76.1 Å². The molecule has 1 amide bonds. The first-order valence-electron chi connectivity index (χ1n) is 11.2. The number of carbonyl (C=O) groups is 1. The second-order valence-electron chi connectivity index (χ2n) is 8.73. The predicted molar refractivity (Wildman–Crippen MR) is 127 cm³/mol. The van der Waals surface area contributed by atoms with Gasteiger partial charge in [-0.25, -0.2) is 0 Å². The third-order valence-electron chi connectivity index (χ3n) is 6.68. The van der Waals surface area contributed by atoms with Gasteiger partial charge in [-0.1, -0.05) is 12.1 Å². The highest BCUT2D eigenvalue weighted by Gasteiger charge is 2.28. The minimum atomic E-state index is -0.253. The molecule has 0 spiro atoms. The Hall–Kier alpha value is -2.84. The zero-order chi connectivity index (χ0) is 22.1. The van der Waals surface area contributed by atoms with Gasteiger partial charge in [-0.3, -0.25) is 9.69 Å². The van der Waals surface area contributed by atoms with Crippen LogP contribution in [0.5, 0.6) is 11.5 Å². The van der Waals surface area contributed by atoms with Crippen molar-refractivity contribution in [2.24, 2.45) is 5.92 Å². The van der Waals surface area contributed by atoms with Gasteiger partial charge in [0.05, 0.1) is 4.70 Å². The molecule has 7 nitrogen and oxygen atoms in total. The summed E-state index contributed by atoms with van der Waals surface area (Å²) in [7, 11) is 0. The van der Waals surface area contributed by atoms with Crippen LogP contribution in [0.15, 0.2) is 42.5 Å². The molecular formula is C24H28N4O3S. The molecule has 0 aliphatic carbocycles. The molecule has 0 radical (unpaired) electrons. The third kappa shape index (κ3) is 4.25. The number of phenols is 2. The number of hydrogen-bond donors (Lipinski definition) is 2. The summed E-state index contributed by atoms with van der Waals surface area (Å²) >= 11 is 1.57.